The number of nitrogens with zero attached hydrogens (tertiary/aromatic N) is 2. The lowest BCUT2D eigenvalue weighted by molar-refractivity contribution is 0.0603. The Balaban J connectivity index is 1.81. The first-order valence-corrected chi connectivity index (χ1v) is 10.2. The normalized spacial score (nSPS) is 13.3. The lowest BCUT2D eigenvalue weighted by Crippen LogP contribution is -2.29. The predicted octanol–water partition coefficient (Wildman–Crippen LogP) is 4.96. The Morgan fingerprint density at radius 2 is 1.74 bits per heavy atom. The van der Waals surface area contributed by atoms with Gasteiger partial charge in [0.15, 0.2) is 0 Å². The number of methoxy groups -OCH3 is 1. The number of H-pyrrole nitrogens is 1. The number of carbonyl (C=O) groups excluding carboxylic acids is 1. The SMILES string of the molecule is COC(=O)c1cccc2c(C(C)(c3ccc(-c4cnc(N)nc4)cc3)C(C)C)c[nH]c12. The first-order chi connectivity index (χ1) is 14.9. The number of carbonyl (C=O) groups is 1. The second-order valence-electron chi connectivity index (χ2n) is 8.19. The van der Waals surface area contributed by atoms with Crippen LogP contribution in [-0.4, -0.2) is 28.0 Å². The van der Waals surface area contributed by atoms with Crippen molar-refractivity contribution in [3.05, 3.63) is 77.7 Å². The average molecular weight is 415 g/mol. The lowest BCUT2D eigenvalue weighted by Gasteiger charge is -2.35. The molecule has 6 heteroatoms. The maximum absolute atomic E-state index is 12.2. The van der Waals surface area contributed by atoms with E-state index in [-0.39, 0.29) is 17.3 Å². The van der Waals surface area contributed by atoms with Gasteiger partial charge in [-0.1, -0.05) is 57.2 Å². The third kappa shape index (κ3) is 3.44. The molecule has 4 rings (SSSR count). The summed E-state index contributed by atoms with van der Waals surface area (Å²) < 4.78 is 4.96. The fourth-order valence-electron chi connectivity index (χ4n) is 4.16. The molecule has 0 radical (unpaired) electrons. The van der Waals surface area contributed by atoms with Crippen LogP contribution in [-0.2, 0) is 10.2 Å². The second kappa shape index (κ2) is 7.87. The summed E-state index contributed by atoms with van der Waals surface area (Å²) in [6, 6.07) is 14.2. The Bertz CT molecular complexity index is 1230. The number of nitrogens with two attached hydrogens (primary N) is 1. The molecule has 0 amide bonds. The highest BCUT2D eigenvalue weighted by Crippen LogP contribution is 2.43. The molecule has 0 spiro atoms. The van der Waals surface area contributed by atoms with Crippen LogP contribution in [0.4, 0.5) is 5.95 Å². The van der Waals surface area contributed by atoms with Gasteiger partial charge in [0.2, 0.25) is 5.95 Å². The average Bonchev–Trinajstić information content (AvgIpc) is 3.23. The Morgan fingerprint density at radius 1 is 1.06 bits per heavy atom. The molecule has 0 bridgehead atoms. The number of fused-ring (bicyclic) bond motifs is 1. The zero-order valence-electron chi connectivity index (χ0n) is 18.1. The summed E-state index contributed by atoms with van der Waals surface area (Å²) in [5.74, 6) is 0.220. The maximum Gasteiger partial charge on any atom is 0.339 e. The van der Waals surface area contributed by atoms with Gasteiger partial charge in [-0.25, -0.2) is 14.8 Å². The molecule has 31 heavy (non-hydrogen) atoms. The van der Waals surface area contributed by atoms with Gasteiger partial charge in [-0.2, -0.15) is 0 Å². The smallest absolute Gasteiger partial charge is 0.339 e. The molecular weight excluding hydrogens is 388 g/mol. The van der Waals surface area contributed by atoms with E-state index in [0.29, 0.717) is 11.5 Å². The Hall–Kier alpha value is -3.67. The Morgan fingerprint density at radius 3 is 2.35 bits per heavy atom. The van der Waals surface area contributed by atoms with Crippen molar-refractivity contribution in [3.63, 3.8) is 0 Å². The molecule has 6 nitrogen and oxygen atoms in total. The van der Waals surface area contributed by atoms with Crippen molar-refractivity contribution in [2.75, 3.05) is 12.8 Å². The van der Waals surface area contributed by atoms with Gasteiger partial charge in [0, 0.05) is 35.0 Å². The molecule has 0 saturated heterocycles. The quantitative estimate of drug-likeness (QED) is 0.450. The number of aromatic amines is 1. The van der Waals surface area contributed by atoms with Gasteiger partial charge in [0.25, 0.3) is 0 Å². The van der Waals surface area contributed by atoms with Crippen LogP contribution in [0, 0.1) is 5.92 Å². The van der Waals surface area contributed by atoms with Crippen LogP contribution in [0.1, 0.15) is 42.3 Å². The summed E-state index contributed by atoms with van der Waals surface area (Å²) in [5, 5.41) is 1.02. The van der Waals surface area contributed by atoms with Crippen LogP contribution in [0.2, 0.25) is 0 Å². The van der Waals surface area contributed by atoms with Gasteiger partial charge >= 0.3 is 5.97 Å². The first-order valence-electron chi connectivity index (χ1n) is 10.2. The van der Waals surface area contributed by atoms with E-state index in [1.54, 1.807) is 18.5 Å². The number of anilines is 1. The molecule has 0 aliphatic carbocycles. The van der Waals surface area contributed by atoms with Gasteiger partial charge in [0.1, 0.15) is 0 Å². The zero-order valence-corrected chi connectivity index (χ0v) is 18.1. The molecule has 3 N–H and O–H groups in total. The number of benzene rings is 2. The lowest BCUT2D eigenvalue weighted by atomic mass is 9.68. The van der Waals surface area contributed by atoms with E-state index in [1.807, 2.05) is 18.3 Å². The maximum atomic E-state index is 12.2. The zero-order chi connectivity index (χ0) is 22.2. The van der Waals surface area contributed by atoms with E-state index >= 15 is 0 Å². The number of rotatable bonds is 5. The summed E-state index contributed by atoms with van der Waals surface area (Å²) in [5.41, 5.74) is 10.9. The van der Waals surface area contributed by atoms with Gasteiger partial charge in [-0.3, -0.25) is 0 Å². The molecule has 158 valence electrons. The highest BCUT2D eigenvalue weighted by Gasteiger charge is 2.35. The van der Waals surface area contributed by atoms with Crippen LogP contribution < -0.4 is 5.73 Å². The van der Waals surface area contributed by atoms with Crippen molar-refractivity contribution >= 4 is 22.8 Å². The standard InChI is InChI=1S/C25H26N4O2/c1-15(2)25(3,18-10-8-16(9-11-18)17-12-28-24(26)29-13-17)21-14-27-22-19(21)6-5-7-20(22)23(30)31-4/h5-15,27H,1-4H3,(H2,26,28,29). The van der Waals surface area contributed by atoms with Crippen LogP contribution in [0.3, 0.4) is 0 Å². The molecule has 4 aromatic rings. The van der Waals surface area contributed by atoms with E-state index in [4.69, 9.17) is 10.5 Å². The number of nitrogens with one attached hydrogen (secondary N) is 1. The fourth-order valence-corrected chi connectivity index (χ4v) is 4.16. The summed E-state index contributed by atoms with van der Waals surface area (Å²) in [6.07, 6.45) is 5.47. The van der Waals surface area contributed by atoms with Crippen LogP contribution >= 0.6 is 0 Å². The van der Waals surface area contributed by atoms with Crippen molar-refractivity contribution in [1.29, 1.82) is 0 Å². The van der Waals surface area contributed by atoms with Crippen molar-refractivity contribution in [2.24, 2.45) is 5.92 Å². The first kappa shape index (κ1) is 20.6. The Kier molecular flexibility index (Phi) is 5.23. The summed E-state index contributed by atoms with van der Waals surface area (Å²) in [6.45, 7) is 6.67. The van der Waals surface area contributed by atoms with Gasteiger partial charge in [-0.15, -0.1) is 0 Å². The largest absolute Gasteiger partial charge is 0.465 e. The van der Waals surface area contributed by atoms with Crippen molar-refractivity contribution in [2.45, 2.75) is 26.2 Å². The van der Waals surface area contributed by atoms with E-state index in [1.165, 1.54) is 12.7 Å². The number of ether oxygens (including phenoxy) is 1. The third-order valence-electron chi connectivity index (χ3n) is 6.32. The Labute approximate surface area is 181 Å². The number of aromatic nitrogens is 3. The topological polar surface area (TPSA) is 93.9 Å². The molecule has 2 aromatic carbocycles. The molecule has 0 aliphatic rings. The highest BCUT2D eigenvalue weighted by molar-refractivity contribution is 6.04. The molecule has 0 fully saturated rings. The van der Waals surface area contributed by atoms with Gasteiger partial charge < -0.3 is 15.5 Å². The second-order valence-corrected chi connectivity index (χ2v) is 8.19. The molecule has 0 saturated carbocycles. The minimum Gasteiger partial charge on any atom is -0.465 e. The predicted molar refractivity (Wildman–Crippen MR) is 123 cm³/mol. The van der Waals surface area contributed by atoms with Crippen LogP contribution in [0.5, 0.6) is 0 Å². The van der Waals surface area contributed by atoms with Gasteiger partial charge in [0.05, 0.1) is 18.2 Å². The van der Waals surface area contributed by atoms with E-state index in [0.717, 1.165) is 27.6 Å². The molecule has 0 aliphatic heterocycles. The molecule has 2 aromatic heterocycles. The van der Waals surface area contributed by atoms with Crippen LogP contribution in [0.15, 0.2) is 61.1 Å². The molecular formula is C25H26N4O2. The monoisotopic (exact) mass is 414 g/mol. The van der Waals surface area contributed by atoms with E-state index in [2.05, 4.69) is 60.0 Å². The van der Waals surface area contributed by atoms with E-state index in [9.17, 15) is 4.79 Å². The highest BCUT2D eigenvalue weighted by atomic mass is 16.5. The fraction of sp³-hybridized carbons (Fsp3) is 0.240. The summed E-state index contributed by atoms with van der Waals surface area (Å²) in [4.78, 5) is 23.7. The van der Waals surface area contributed by atoms with Crippen molar-refractivity contribution in [3.8, 4) is 11.1 Å². The van der Waals surface area contributed by atoms with Crippen LogP contribution in [0.25, 0.3) is 22.0 Å². The number of hydrogen-bond donors (Lipinski definition) is 2. The minimum absolute atomic E-state index is 0.262. The number of hydrogen-bond acceptors (Lipinski definition) is 5. The number of para-hydroxylation sites is 1. The minimum atomic E-state index is -0.347. The molecule has 2 heterocycles. The number of nitrogen functional groups attached to an aromatic ring is 1. The summed E-state index contributed by atoms with van der Waals surface area (Å²) in [7, 11) is 1.40. The number of esters is 1. The third-order valence-corrected chi connectivity index (χ3v) is 6.32. The molecule has 1 unspecified atom stereocenters. The van der Waals surface area contributed by atoms with Gasteiger partial charge in [-0.05, 0) is 28.7 Å². The van der Waals surface area contributed by atoms with Crippen molar-refractivity contribution in [1.82, 2.24) is 15.0 Å². The van der Waals surface area contributed by atoms with Crippen molar-refractivity contribution < 1.29 is 9.53 Å². The summed E-state index contributed by atoms with van der Waals surface area (Å²) >= 11 is 0. The molecule has 1 atom stereocenters. The van der Waals surface area contributed by atoms with E-state index < -0.39 is 0 Å².